The highest BCUT2D eigenvalue weighted by molar-refractivity contribution is 6.08. The van der Waals surface area contributed by atoms with Gasteiger partial charge in [0.2, 0.25) is 0 Å². The minimum absolute atomic E-state index is 0.0893. The highest BCUT2D eigenvalue weighted by atomic mass is 16.5. The summed E-state index contributed by atoms with van der Waals surface area (Å²) in [6.45, 7) is 0. The molecule has 2 aromatic heterocycles. The van der Waals surface area contributed by atoms with E-state index in [1.54, 1.807) is 6.07 Å². The molecule has 7 nitrogen and oxygen atoms in total. The number of aromatic amines is 1. The fraction of sp³-hybridized carbons (Fsp3) is 0.318. The highest BCUT2D eigenvalue weighted by Gasteiger charge is 2.22. The van der Waals surface area contributed by atoms with Crippen molar-refractivity contribution in [2.45, 2.75) is 38.1 Å². The van der Waals surface area contributed by atoms with Crippen LogP contribution >= 0.6 is 0 Å². The van der Waals surface area contributed by atoms with Crippen LogP contribution in [0.2, 0.25) is 0 Å². The van der Waals surface area contributed by atoms with Gasteiger partial charge in [0, 0.05) is 11.6 Å². The molecule has 0 aliphatic heterocycles. The van der Waals surface area contributed by atoms with Crippen LogP contribution < -0.4 is 4.74 Å². The van der Waals surface area contributed by atoms with Gasteiger partial charge in [0.05, 0.1) is 41.8 Å². The maximum absolute atomic E-state index is 11.7. The van der Waals surface area contributed by atoms with Crippen molar-refractivity contribution >= 4 is 28.0 Å². The Kier molecular flexibility index (Phi) is 4.23. The summed E-state index contributed by atoms with van der Waals surface area (Å²) in [6.07, 6.45) is 9.73. The van der Waals surface area contributed by atoms with Crippen LogP contribution in [0.3, 0.4) is 0 Å². The normalized spacial score (nSPS) is 15.2. The summed E-state index contributed by atoms with van der Waals surface area (Å²) in [5, 5.41) is 9.60. The van der Waals surface area contributed by atoms with E-state index in [1.165, 1.54) is 45.5 Å². The summed E-state index contributed by atoms with van der Waals surface area (Å²) in [5.41, 5.74) is 4.96. The molecule has 148 valence electrons. The Morgan fingerprint density at radius 3 is 2.79 bits per heavy atom. The molecule has 0 atom stereocenters. The van der Waals surface area contributed by atoms with Crippen LogP contribution in [-0.2, 0) is 0 Å². The van der Waals surface area contributed by atoms with Gasteiger partial charge < -0.3 is 19.4 Å². The molecule has 2 N–H and O–H groups in total. The van der Waals surface area contributed by atoms with Crippen molar-refractivity contribution in [3.05, 3.63) is 42.5 Å². The molecule has 0 bridgehead atoms. The van der Waals surface area contributed by atoms with E-state index in [4.69, 9.17) is 4.74 Å². The van der Waals surface area contributed by atoms with Crippen LogP contribution in [0.5, 0.6) is 5.75 Å². The van der Waals surface area contributed by atoms with E-state index in [0.717, 1.165) is 22.2 Å². The summed E-state index contributed by atoms with van der Waals surface area (Å²) in [6, 6.07) is 8.45. The van der Waals surface area contributed by atoms with Gasteiger partial charge in [0.1, 0.15) is 11.3 Å². The molecule has 29 heavy (non-hydrogen) atoms. The zero-order valence-corrected chi connectivity index (χ0v) is 16.2. The first-order valence-corrected chi connectivity index (χ1v) is 9.91. The minimum atomic E-state index is -1.05. The first-order chi connectivity index (χ1) is 14.2. The number of carbonyl (C=O) groups is 1. The molecule has 2 aromatic carbocycles. The Labute approximate surface area is 167 Å². The van der Waals surface area contributed by atoms with Crippen molar-refractivity contribution in [3.63, 3.8) is 0 Å². The molecule has 1 saturated carbocycles. The first-order valence-electron chi connectivity index (χ1n) is 9.91. The fourth-order valence-electron chi connectivity index (χ4n) is 4.53. The first kappa shape index (κ1) is 17.7. The van der Waals surface area contributed by atoms with E-state index >= 15 is 0 Å². The largest absolute Gasteiger partial charge is 0.496 e. The summed E-state index contributed by atoms with van der Waals surface area (Å²) >= 11 is 0. The Hall–Kier alpha value is -3.35. The maximum Gasteiger partial charge on any atom is 0.341 e. The number of carboxylic acid groups (broad SMARTS) is 1. The molecule has 2 heterocycles. The van der Waals surface area contributed by atoms with Crippen LogP contribution in [0.4, 0.5) is 0 Å². The van der Waals surface area contributed by atoms with Crippen LogP contribution in [0.15, 0.2) is 36.9 Å². The number of imidazole rings is 2. The van der Waals surface area contributed by atoms with Crippen molar-refractivity contribution in [1.29, 1.82) is 0 Å². The number of benzene rings is 2. The number of rotatable bonds is 4. The Morgan fingerprint density at radius 1 is 1.21 bits per heavy atom. The molecule has 0 radical (unpaired) electrons. The number of aromatic nitrogens is 4. The average Bonchev–Trinajstić information content (AvgIpc) is 3.39. The van der Waals surface area contributed by atoms with Crippen molar-refractivity contribution in [3.8, 4) is 16.9 Å². The van der Waals surface area contributed by atoms with Gasteiger partial charge in [0.15, 0.2) is 0 Å². The monoisotopic (exact) mass is 390 g/mol. The van der Waals surface area contributed by atoms with E-state index in [-0.39, 0.29) is 5.56 Å². The number of H-pyrrole nitrogens is 1. The van der Waals surface area contributed by atoms with Gasteiger partial charge in [-0.2, -0.15) is 0 Å². The van der Waals surface area contributed by atoms with E-state index < -0.39 is 5.97 Å². The summed E-state index contributed by atoms with van der Waals surface area (Å²) in [4.78, 5) is 23.7. The number of carboxylic acids is 1. The molecular formula is C22H22N4O3. The molecule has 1 aliphatic carbocycles. The topological polar surface area (TPSA) is 93.0 Å². The van der Waals surface area contributed by atoms with Crippen LogP contribution in [0.25, 0.3) is 33.2 Å². The molecule has 1 aliphatic rings. The maximum atomic E-state index is 11.7. The van der Waals surface area contributed by atoms with Crippen molar-refractivity contribution in [1.82, 2.24) is 19.5 Å². The molecule has 0 spiro atoms. The second-order valence-electron chi connectivity index (χ2n) is 7.58. The number of fused-ring (bicyclic) bond motifs is 2. The van der Waals surface area contributed by atoms with Crippen molar-refractivity contribution in [2.24, 2.45) is 0 Å². The van der Waals surface area contributed by atoms with Gasteiger partial charge in [-0.25, -0.2) is 14.8 Å². The lowest BCUT2D eigenvalue weighted by molar-refractivity contribution is 0.0695. The van der Waals surface area contributed by atoms with E-state index in [1.807, 2.05) is 18.5 Å². The highest BCUT2D eigenvalue weighted by Crippen LogP contribution is 2.37. The van der Waals surface area contributed by atoms with Crippen molar-refractivity contribution < 1.29 is 14.6 Å². The van der Waals surface area contributed by atoms with E-state index in [9.17, 15) is 9.90 Å². The second kappa shape index (κ2) is 6.92. The standard InChI is InChI=1S/C22H22N4O3/c1-29-18-10-15(20-21(24-11-23-20)19(18)22(27)28)13-7-8-17-16(9-13)25-12-26(17)14-5-3-2-4-6-14/h7-12,14H,2-6H2,1H3,(H,23,24)(H,27,28). The van der Waals surface area contributed by atoms with Crippen LogP contribution in [0, 0.1) is 0 Å². The Morgan fingerprint density at radius 2 is 2.03 bits per heavy atom. The van der Waals surface area contributed by atoms with Gasteiger partial charge in [-0.3, -0.25) is 0 Å². The minimum Gasteiger partial charge on any atom is -0.496 e. The third-order valence-electron chi connectivity index (χ3n) is 5.95. The van der Waals surface area contributed by atoms with Gasteiger partial charge >= 0.3 is 5.97 Å². The quantitative estimate of drug-likeness (QED) is 0.522. The number of hydrogen-bond donors (Lipinski definition) is 2. The summed E-state index contributed by atoms with van der Waals surface area (Å²) < 4.78 is 7.67. The molecule has 0 amide bonds. The van der Waals surface area contributed by atoms with Crippen molar-refractivity contribution in [2.75, 3.05) is 7.11 Å². The SMILES string of the molecule is COc1cc(-c2ccc3c(c2)ncn3C2CCCCC2)c2nc[nH]c2c1C(=O)O. The van der Waals surface area contributed by atoms with Gasteiger partial charge in [-0.1, -0.05) is 25.3 Å². The molecule has 4 aromatic rings. The number of ether oxygens (including phenoxy) is 1. The van der Waals surface area contributed by atoms with E-state index in [0.29, 0.717) is 22.8 Å². The molecule has 1 fully saturated rings. The van der Waals surface area contributed by atoms with Gasteiger partial charge in [-0.15, -0.1) is 0 Å². The number of nitrogens with one attached hydrogen (secondary N) is 1. The molecule has 5 rings (SSSR count). The Balaban J connectivity index is 1.64. The third kappa shape index (κ3) is 2.85. The second-order valence-corrected chi connectivity index (χ2v) is 7.58. The molecule has 7 heteroatoms. The van der Waals surface area contributed by atoms with Gasteiger partial charge in [-0.05, 0) is 36.6 Å². The number of aromatic carboxylic acids is 1. The number of methoxy groups -OCH3 is 1. The average molecular weight is 390 g/mol. The zero-order chi connectivity index (χ0) is 20.0. The zero-order valence-electron chi connectivity index (χ0n) is 16.2. The smallest absolute Gasteiger partial charge is 0.341 e. The Bertz CT molecular complexity index is 1220. The predicted octanol–water partition coefficient (Wildman–Crippen LogP) is 4.79. The number of nitrogens with zero attached hydrogens (tertiary/aromatic N) is 3. The fourth-order valence-corrected chi connectivity index (χ4v) is 4.53. The molecule has 0 saturated heterocycles. The third-order valence-corrected chi connectivity index (χ3v) is 5.95. The lowest BCUT2D eigenvalue weighted by Gasteiger charge is -2.23. The number of hydrogen-bond acceptors (Lipinski definition) is 4. The summed E-state index contributed by atoms with van der Waals surface area (Å²) in [5.74, 6) is -0.749. The molecular weight excluding hydrogens is 368 g/mol. The predicted molar refractivity (Wildman–Crippen MR) is 110 cm³/mol. The van der Waals surface area contributed by atoms with Crippen LogP contribution in [0.1, 0.15) is 48.5 Å². The van der Waals surface area contributed by atoms with E-state index in [2.05, 4.69) is 25.6 Å². The van der Waals surface area contributed by atoms with Gasteiger partial charge in [0.25, 0.3) is 0 Å². The summed E-state index contributed by atoms with van der Waals surface area (Å²) in [7, 11) is 1.47. The molecule has 0 unspecified atom stereocenters. The lowest BCUT2D eigenvalue weighted by Crippen LogP contribution is -2.11. The van der Waals surface area contributed by atoms with Crippen LogP contribution in [-0.4, -0.2) is 37.7 Å². The lowest BCUT2D eigenvalue weighted by atomic mass is 9.95.